The summed E-state index contributed by atoms with van der Waals surface area (Å²) in [6.45, 7) is 3.90. The Morgan fingerprint density at radius 2 is 1.76 bits per heavy atom. The SMILES string of the molecule is COC(=O)Cn1c(=NC(=O)c2ccc(S(=O)(=O)C(C)C)cc2)sc2cc3c(cc21)OCCO3. The van der Waals surface area contributed by atoms with Gasteiger partial charge in [0.05, 0.1) is 27.5 Å². The van der Waals surface area contributed by atoms with Gasteiger partial charge < -0.3 is 18.8 Å². The lowest BCUT2D eigenvalue weighted by Gasteiger charge is -2.18. The Bertz CT molecular complexity index is 1400. The molecule has 1 aliphatic heterocycles. The highest BCUT2D eigenvalue weighted by Crippen LogP contribution is 2.35. The highest BCUT2D eigenvalue weighted by molar-refractivity contribution is 7.92. The number of thiazole rings is 1. The summed E-state index contributed by atoms with van der Waals surface area (Å²) < 4.78 is 43.0. The number of fused-ring (bicyclic) bond motifs is 2. The van der Waals surface area contributed by atoms with Gasteiger partial charge in [-0.3, -0.25) is 9.59 Å². The van der Waals surface area contributed by atoms with E-state index in [9.17, 15) is 18.0 Å². The predicted octanol–water partition coefficient (Wildman–Crippen LogP) is 2.57. The fraction of sp³-hybridized carbons (Fsp3) is 0.318. The smallest absolute Gasteiger partial charge is 0.325 e. The van der Waals surface area contributed by atoms with Crippen LogP contribution in [0.15, 0.2) is 46.3 Å². The molecule has 4 rings (SSSR count). The van der Waals surface area contributed by atoms with Crippen LogP contribution in [0.25, 0.3) is 10.2 Å². The topological polar surface area (TPSA) is 113 Å². The van der Waals surface area contributed by atoms with Crippen LogP contribution in [0, 0.1) is 0 Å². The second kappa shape index (κ2) is 8.99. The summed E-state index contributed by atoms with van der Waals surface area (Å²) in [6, 6.07) is 9.19. The number of nitrogens with zero attached hydrogens (tertiary/aromatic N) is 2. The summed E-state index contributed by atoms with van der Waals surface area (Å²) in [5.41, 5.74) is 0.880. The third kappa shape index (κ3) is 4.51. The first-order valence-electron chi connectivity index (χ1n) is 10.1. The standard InChI is InChI=1S/C22H22N2O7S2/c1-13(2)33(27,28)15-6-4-14(5-7-15)21(26)23-22-24(12-20(25)29-3)16-10-17-18(11-19(16)32-22)31-9-8-30-17/h4-7,10-11,13H,8-9,12H2,1-3H3. The highest BCUT2D eigenvalue weighted by atomic mass is 32.2. The maximum absolute atomic E-state index is 12.9. The Morgan fingerprint density at radius 1 is 1.12 bits per heavy atom. The maximum Gasteiger partial charge on any atom is 0.325 e. The van der Waals surface area contributed by atoms with Crippen LogP contribution in [-0.4, -0.2) is 50.4 Å². The van der Waals surface area contributed by atoms with E-state index in [1.807, 2.05) is 0 Å². The lowest BCUT2D eigenvalue weighted by Crippen LogP contribution is -2.22. The van der Waals surface area contributed by atoms with E-state index in [-0.39, 0.29) is 17.0 Å². The molecule has 2 heterocycles. The minimum Gasteiger partial charge on any atom is -0.486 e. The first-order valence-corrected chi connectivity index (χ1v) is 12.5. The average Bonchev–Trinajstić information content (AvgIpc) is 3.12. The summed E-state index contributed by atoms with van der Waals surface area (Å²) in [5, 5.41) is -0.571. The number of carbonyl (C=O) groups excluding carboxylic acids is 2. The van der Waals surface area contributed by atoms with Gasteiger partial charge in [0.1, 0.15) is 19.8 Å². The molecule has 0 saturated heterocycles. The molecule has 3 aromatic rings. The van der Waals surface area contributed by atoms with E-state index in [1.165, 1.54) is 42.7 Å². The Morgan fingerprint density at radius 3 is 2.36 bits per heavy atom. The minimum atomic E-state index is -3.45. The lowest BCUT2D eigenvalue weighted by atomic mass is 10.2. The molecule has 2 aromatic carbocycles. The van der Waals surface area contributed by atoms with Gasteiger partial charge in [0.2, 0.25) is 0 Å². The van der Waals surface area contributed by atoms with Crippen LogP contribution in [0.2, 0.25) is 0 Å². The number of ether oxygens (including phenoxy) is 3. The van der Waals surface area contributed by atoms with Crippen LogP contribution < -0.4 is 14.3 Å². The quantitative estimate of drug-likeness (QED) is 0.505. The van der Waals surface area contributed by atoms with Gasteiger partial charge in [0.15, 0.2) is 26.1 Å². The molecule has 0 atom stereocenters. The summed E-state index contributed by atoms with van der Waals surface area (Å²) >= 11 is 1.22. The van der Waals surface area contributed by atoms with Crippen LogP contribution in [0.3, 0.4) is 0 Å². The minimum absolute atomic E-state index is 0.141. The molecule has 0 aliphatic carbocycles. The van der Waals surface area contributed by atoms with Gasteiger partial charge >= 0.3 is 5.97 Å². The van der Waals surface area contributed by atoms with Gasteiger partial charge in [-0.1, -0.05) is 11.3 Å². The summed E-state index contributed by atoms with van der Waals surface area (Å²) in [4.78, 5) is 29.5. The molecule has 0 radical (unpaired) electrons. The first kappa shape index (κ1) is 23.0. The Kier molecular flexibility index (Phi) is 6.26. The van der Waals surface area contributed by atoms with Gasteiger partial charge in [-0.25, -0.2) is 8.42 Å². The molecule has 0 fully saturated rings. The number of sulfone groups is 1. The zero-order valence-electron chi connectivity index (χ0n) is 18.2. The molecule has 1 aliphatic rings. The fourth-order valence-corrected chi connectivity index (χ4v) is 5.35. The Hall–Kier alpha value is -3.18. The van der Waals surface area contributed by atoms with Gasteiger partial charge in [-0.15, -0.1) is 0 Å². The van der Waals surface area contributed by atoms with Crippen molar-refractivity contribution in [2.24, 2.45) is 4.99 Å². The first-order chi connectivity index (χ1) is 15.7. The molecule has 0 unspecified atom stereocenters. The number of benzene rings is 2. The van der Waals surface area contributed by atoms with Crippen molar-refractivity contribution in [3.63, 3.8) is 0 Å². The number of aromatic nitrogens is 1. The number of amides is 1. The van der Waals surface area contributed by atoms with E-state index in [2.05, 4.69) is 4.99 Å². The maximum atomic E-state index is 12.9. The number of esters is 1. The third-order valence-electron chi connectivity index (χ3n) is 5.11. The van der Waals surface area contributed by atoms with Crippen molar-refractivity contribution in [1.29, 1.82) is 0 Å². The van der Waals surface area contributed by atoms with Crippen LogP contribution in [-0.2, 0) is 25.9 Å². The molecule has 1 amide bonds. The molecule has 0 saturated carbocycles. The van der Waals surface area contributed by atoms with E-state index < -0.39 is 27.0 Å². The van der Waals surface area contributed by atoms with Crippen LogP contribution in [0.4, 0.5) is 0 Å². The van der Waals surface area contributed by atoms with Crippen LogP contribution >= 0.6 is 11.3 Å². The monoisotopic (exact) mass is 490 g/mol. The molecule has 0 spiro atoms. The summed E-state index contributed by atoms with van der Waals surface area (Å²) in [7, 11) is -2.16. The van der Waals surface area contributed by atoms with E-state index >= 15 is 0 Å². The number of hydrogen-bond donors (Lipinski definition) is 0. The largest absolute Gasteiger partial charge is 0.486 e. The number of methoxy groups -OCH3 is 1. The molecule has 11 heteroatoms. The van der Waals surface area contributed by atoms with E-state index in [4.69, 9.17) is 14.2 Å². The number of carbonyl (C=O) groups is 2. The van der Waals surface area contributed by atoms with Crippen LogP contribution in [0.1, 0.15) is 24.2 Å². The van der Waals surface area contributed by atoms with Crippen molar-refractivity contribution in [2.45, 2.75) is 30.5 Å². The summed E-state index contributed by atoms with van der Waals surface area (Å²) in [5.74, 6) is 0.0673. The van der Waals surface area contributed by atoms with E-state index in [1.54, 1.807) is 30.5 Å². The molecule has 1 aromatic heterocycles. The third-order valence-corrected chi connectivity index (χ3v) is 8.32. The van der Waals surface area contributed by atoms with Crippen molar-refractivity contribution in [2.75, 3.05) is 20.3 Å². The number of hydrogen-bond acceptors (Lipinski definition) is 8. The molecule has 0 bridgehead atoms. The molecule has 9 nitrogen and oxygen atoms in total. The average molecular weight is 491 g/mol. The Labute approximate surface area is 194 Å². The molecule has 33 heavy (non-hydrogen) atoms. The number of rotatable bonds is 5. The van der Waals surface area contributed by atoms with Crippen molar-refractivity contribution < 1.29 is 32.2 Å². The second-order valence-electron chi connectivity index (χ2n) is 7.55. The lowest BCUT2D eigenvalue weighted by molar-refractivity contribution is -0.141. The van der Waals surface area contributed by atoms with Crippen molar-refractivity contribution in [3.05, 3.63) is 46.8 Å². The van der Waals surface area contributed by atoms with Gasteiger partial charge in [0.25, 0.3) is 5.91 Å². The van der Waals surface area contributed by atoms with E-state index in [0.717, 1.165) is 4.70 Å². The van der Waals surface area contributed by atoms with Crippen molar-refractivity contribution in [1.82, 2.24) is 4.57 Å². The molecular formula is C22H22N2O7S2. The van der Waals surface area contributed by atoms with Crippen molar-refractivity contribution in [3.8, 4) is 11.5 Å². The zero-order chi connectivity index (χ0) is 23.8. The predicted molar refractivity (Wildman–Crippen MR) is 121 cm³/mol. The molecular weight excluding hydrogens is 468 g/mol. The Balaban J connectivity index is 1.77. The summed E-state index contributed by atoms with van der Waals surface area (Å²) in [6.07, 6.45) is 0. The molecule has 174 valence electrons. The van der Waals surface area contributed by atoms with E-state index in [0.29, 0.717) is 35.0 Å². The van der Waals surface area contributed by atoms with Gasteiger partial charge in [-0.2, -0.15) is 4.99 Å². The molecule has 0 N–H and O–H groups in total. The second-order valence-corrected chi connectivity index (χ2v) is 11.1. The van der Waals surface area contributed by atoms with Gasteiger partial charge in [-0.05, 0) is 38.1 Å². The van der Waals surface area contributed by atoms with Crippen LogP contribution in [0.5, 0.6) is 11.5 Å². The highest BCUT2D eigenvalue weighted by Gasteiger charge is 2.20. The zero-order valence-corrected chi connectivity index (χ0v) is 19.9. The van der Waals surface area contributed by atoms with Crippen molar-refractivity contribution >= 4 is 43.3 Å². The fourth-order valence-electron chi connectivity index (χ4n) is 3.25. The normalized spacial score (nSPS) is 14.0. The van der Waals surface area contributed by atoms with Gasteiger partial charge in [0, 0.05) is 17.7 Å².